The third kappa shape index (κ3) is 4.81. The van der Waals surface area contributed by atoms with E-state index in [1.165, 1.54) is 5.56 Å². The van der Waals surface area contributed by atoms with Gasteiger partial charge >= 0.3 is 0 Å². The topological polar surface area (TPSA) is 48.5 Å². The first kappa shape index (κ1) is 18.8. The van der Waals surface area contributed by atoms with Crippen LogP contribution in [0, 0.1) is 13.8 Å². The zero-order valence-electron chi connectivity index (χ0n) is 15.3. The molecular formula is C20H25ClN4O. The quantitative estimate of drug-likeness (QED) is 0.876. The highest BCUT2D eigenvalue weighted by Gasteiger charge is 2.20. The van der Waals surface area contributed by atoms with E-state index in [1.807, 2.05) is 37.4 Å². The van der Waals surface area contributed by atoms with Crippen molar-refractivity contribution >= 4 is 23.2 Å². The van der Waals surface area contributed by atoms with Gasteiger partial charge in [-0.2, -0.15) is 0 Å². The number of anilines is 1. The Hall–Kier alpha value is -1.95. The van der Waals surface area contributed by atoms with Gasteiger partial charge in [0, 0.05) is 49.6 Å². The highest BCUT2D eigenvalue weighted by atomic mass is 35.5. The first-order valence-electron chi connectivity index (χ1n) is 8.93. The fourth-order valence-electron chi connectivity index (χ4n) is 3.14. The Balaban J connectivity index is 1.47. The lowest BCUT2D eigenvalue weighted by molar-refractivity contribution is -0.117. The average Bonchev–Trinajstić information content (AvgIpc) is 2.62. The number of carbonyl (C=O) groups excluding carboxylic acids is 1. The van der Waals surface area contributed by atoms with Crippen LogP contribution in [0.25, 0.3) is 0 Å². The third-order valence-electron chi connectivity index (χ3n) is 4.87. The van der Waals surface area contributed by atoms with E-state index in [2.05, 4.69) is 33.1 Å². The lowest BCUT2D eigenvalue weighted by Gasteiger charge is -2.34. The van der Waals surface area contributed by atoms with Crippen molar-refractivity contribution in [2.75, 3.05) is 38.0 Å². The molecule has 0 saturated carbocycles. The smallest absolute Gasteiger partial charge is 0.238 e. The first-order chi connectivity index (χ1) is 12.5. The lowest BCUT2D eigenvalue weighted by atomic mass is 10.2. The second kappa shape index (κ2) is 8.62. The molecule has 0 bridgehead atoms. The van der Waals surface area contributed by atoms with Crippen LogP contribution in [0.2, 0.25) is 5.02 Å². The van der Waals surface area contributed by atoms with Crippen molar-refractivity contribution in [2.45, 2.75) is 20.4 Å². The summed E-state index contributed by atoms with van der Waals surface area (Å²) in [4.78, 5) is 21.4. The van der Waals surface area contributed by atoms with Crippen LogP contribution in [0.1, 0.15) is 16.8 Å². The summed E-state index contributed by atoms with van der Waals surface area (Å²) in [6, 6.07) is 9.63. The number of nitrogens with one attached hydrogen (secondary N) is 1. The number of piperazine rings is 1. The zero-order valence-corrected chi connectivity index (χ0v) is 16.1. The largest absolute Gasteiger partial charge is 0.325 e. The molecular weight excluding hydrogens is 348 g/mol. The highest BCUT2D eigenvalue weighted by Crippen LogP contribution is 2.22. The van der Waals surface area contributed by atoms with E-state index in [0.717, 1.165) is 49.7 Å². The molecule has 0 spiro atoms. The molecule has 6 heteroatoms. The number of rotatable bonds is 5. The molecule has 26 heavy (non-hydrogen) atoms. The molecule has 2 aromatic rings. The Morgan fingerprint density at radius 2 is 1.85 bits per heavy atom. The fraction of sp³-hybridized carbons (Fsp3) is 0.400. The maximum absolute atomic E-state index is 12.3. The summed E-state index contributed by atoms with van der Waals surface area (Å²) in [6.07, 6.45) is 1.85. The van der Waals surface area contributed by atoms with Gasteiger partial charge < -0.3 is 5.32 Å². The van der Waals surface area contributed by atoms with Gasteiger partial charge in [-0.25, -0.2) is 0 Å². The van der Waals surface area contributed by atoms with Crippen LogP contribution < -0.4 is 5.32 Å². The van der Waals surface area contributed by atoms with Crippen molar-refractivity contribution in [1.29, 1.82) is 0 Å². The summed E-state index contributed by atoms with van der Waals surface area (Å²) >= 11 is 6.11. The van der Waals surface area contributed by atoms with Gasteiger partial charge in [0.15, 0.2) is 0 Å². The molecule has 1 aliphatic heterocycles. The van der Waals surface area contributed by atoms with Crippen molar-refractivity contribution in [2.24, 2.45) is 0 Å². The van der Waals surface area contributed by atoms with Crippen molar-refractivity contribution in [3.63, 3.8) is 0 Å². The van der Waals surface area contributed by atoms with E-state index in [4.69, 9.17) is 11.6 Å². The highest BCUT2D eigenvalue weighted by molar-refractivity contribution is 6.31. The minimum absolute atomic E-state index is 0.00406. The average molecular weight is 373 g/mol. The molecule has 1 aromatic heterocycles. The number of benzene rings is 1. The van der Waals surface area contributed by atoms with Gasteiger partial charge in [0.25, 0.3) is 0 Å². The van der Waals surface area contributed by atoms with Crippen molar-refractivity contribution in [1.82, 2.24) is 14.8 Å². The number of amides is 1. The van der Waals surface area contributed by atoms with Crippen molar-refractivity contribution in [3.8, 4) is 0 Å². The molecule has 0 unspecified atom stereocenters. The SMILES string of the molecule is Cc1cccnc1CN1CCN(CC(=O)Nc2cccc(Cl)c2C)CC1. The fourth-order valence-corrected chi connectivity index (χ4v) is 3.31. The maximum atomic E-state index is 12.3. The molecule has 1 saturated heterocycles. The molecule has 1 aliphatic rings. The van der Waals surface area contributed by atoms with Crippen LogP contribution in [0.5, 0.6) is 0 Å². The molecule has 0 radical (unpaired) electrons. The van der Waals surface area contributed by atoms with Crippen LogP contribution in [-0.4, -0.2) is 53.4 Å². The molecule has 1 fully saturated rings. The lowest BCUT2D eigenvalue weighted by Crippen LogP contribution is -2.48. The minimum Gasteiger partial charge on any atom is -0.325 e. The number of hydrogen-bond acceptors (Lipinski definition) is 4. The molecule has 0 atom stereocenters. The van der Waals surface area contributed by atoms with E-state index in [0.29, 0.717) is 11.6 Å². The third-order valence-corrected chi connectivity index (χ3v) is 5.27. The van der Waals surface area contributed by atoms with Gasteiger partial charge in [-0.1, -0.05) is 23.7 Å². The maximum Gasteiger partial charge on any atom is 0.238 e. The molecule has 1 N–H and O–H groups in total. The van der Waals surface area contributed by atoms with Crippen LogP contribution in [0.3, 0.4) is 0 Å². The first-order valence-corrected chi connectivity index (χ1v) is 9.31. The van der Waals surface area contributed by atoms with Crippen LogP contribution in [0.15, 0.2) is 36.5 Å². The van der Waals surface area contributed by atoms with E-state index in [1.54, 1.807) is 0 Å². The Kier molecular flexibility index (Phi) is 6.25. The van der Waals surface area contributed by atoms with E-state index in [-0.39, 0.29) is 5.91 Å². The summed E-state index contributed by atoms with van der Waals surface area (Å²) in [7, 11) is 0. The van der Waals surface area contributed by atoms with Gasteiger partial charge in [0.1, 0.15) is 0 Å². The number of nitrogens with zero attached hydrogens (tertiary/aromatic N) is 3. The molecule has 0 aliphatic carbocycles. The van der Waals surface area contributed by atoms with Crippen LogP contribution in [-0.2, 0) is 11.3 Å². The van der Waals surface area contributed by atoms with Crippen LogP contribution >= 0.6 is 11.6 Å². The number of hydrogen-bond donors (Lipinski definition) is 1. The summed E-state index contributed by atoms with van der Waals surface area (Å²) in [5.41, 5.74) is 4.05. The summed E-state index contributed by atoms with van der Waals surface area (Å²) in [6.45, 7) is 8.94. The summed E-state index contributed by atoms with van der Waals surface area (Å²) in [5, 5.41) is 3.64. The Morgan fingerprint density at radius 1 is 1.12 bits per heavy atom. The number of aromatic nitrogens is 1. The van der Waals surface area contributed by atoms with Crippen LogP contribution in [0.4, 0.5) is 5.69 Å². The van der Waals surface area contributed by atoms with Gasteiger partial charge in [-0.3, -0.25) is 19.6 Å². The Morgan fingerprint density at radius 3 is 2.58 bits per heavy atom. The monoisotopic (exact) mass is 372 g/mol. The van der Waals surface area contributed by atoms with Crippen molar-refractivity contribution in [3.05, 3.63) is 58.4 Å². The second-order valence-electron chi connectivity index (χ2n) is 6.78. The number of pyridine rings is 1. The van der Waals surface area contributed by atoms with Gasteiger partial charge in [-0.05, 0) is 43.2 Å². The Bertz CT molecular complexity index is 772. The van der Waals surface area contributed by atoms with Gasteiger partial charge in [-0.15, -0.1) is 0 Å². The molecule has 1 amide bonds. The van der Waals surface area contributed by atoms with Gasteiger partial charge in [0.2, 0.25) is 5.91 Å². The van der Waals surface area contributed by atoms with E-state index >= 15 is 0 Å². The Labute approximate surface area is 160 Å². The van der Waals surface area contributed by atoms with Crippen molar-refractivity contribution < 1.29 is 4.79 Å². The standard InChI is InChI=1S/C20H25ClN4O/c1-15-5-4-8-22-19(15)13-24-9-11-25(12-10-24)14-20(26)23-18-7-3-6-17(21)16(18)2/h3-8H,9-14H2,1-2H3,(H,23,26). The van der Waals surface area contributed by atoms with Gasteiger partial charge in [0.05, 0.1) is 12.2 Å². The predicted molar refractivity (Wildman–Crippen MR) is 106 cm³/mol. The zero-order chi connectivity index (χ0) is 18.5. The minimum atomic E-state index is 0.00406. The summed E-state index contributed by atoms with van der Waals surface area (Å²) in [5.74, 6) is 0.00406. The molecule has 1 aromatic carbocycles. The molecule has 2 heterocycles. The predicted octanol–water partition coefficient (Wildman–Crippen LogP) is 3.11. The summed E-state index contributed by atoms with van der Waals surface area (Å²) < 4.78 is 0. The number of halogens is 1. The van der Waals surface area contributed by atoms with E-state index in [9.17, 15) is 4.79 Å². The second-order valence-corrected chi connectivity index (χ2v) is 7.19. The molecule has 3 rings (SSSR count). The molecule has 5 nitrogen and oxygen atoms in total. The van der Waals surface area contributed by atoms with E-state index < -0.39 is 0 Å². The number of carbonyl (C=O) groups is 1. The number of aryl methyl sites for hydroxylation is 1. The normalized spacial score (nSPS) is 15.8. The molecule has 138 valence electrons.